The van der Waals surface area contributed by atoms with Crippen LogP contribution in [0.5, 0.6) is 5.75 Å². The van der Waals surface area contributed by atoms with Gasteiger partial charge in [-0.15, -0.1) is 0 Å². The largest absolute Gasteiger partial charge is 0.508 e. The van der Waals surface area contributed by atoms with Gasteiger partial charge in [-0.1, -0.05) is 18.2 Å². The number of benzene rings is 2. The molecule has 1 amide bonds. The van der Waals surface area contributed by atoms with Crippen LogP contribution in [0.15, 0.2) is 42.5 Å². The number of amides is 1. The third-order valence-electron chi connectivity index (χ3n) is 2.61. The Hall–Kier alpha value is -2.43. The van der Waals surface area contributed by atoms with E-state index in [1.165, 1.54) is 12.1 Å². The van der Waals surface area contributed by atoms with Gasteiger partial charge < -0.3 is 10.4 Å². The van der Waals surface area contributed by atoms with Gasteiger partial charge in [-0.25, -0.2) is 8.78 Å². The van der Waals surface area contributed by atoms with Gasteiger partial charge in [-0.3, -0.25) is 4.79 Å². The summed E-state index contributed by atoms with van der Waals surface area (Å²) in [5.41, 5.74) is 0.563. The molecular weight excluding hydrogens is 252 g/mol. The molecular formula is C14H11F2NO2. The Morgan fingerprint density at radius 2 is 1.84 bits per heavy atom. The van der Waals surface area contributed by atoms with Crippen LogP contribution in [0.4, 0.5) is 8.78 Å². The number of rotatable bonds is 3. The zero-order valence-corrected chi connectivity index (χ0v) is 9.86. The maximum Gasteiger partial charge on any atom is 0.251 e. The van der Waals surface area contributed by atoms with Gasteiger partial charge in [0.25, 0.3) is 5.91 Å². The summed E-state index contributed by atoms with van der Waals surface area (Å²) >= 11 is 0. The molecule has 3 nitrogen and oxygen atoms in total. The fourth-order valence-corrected chi connectivity index (χ4v) is 1.58. The second-order valence-electron chi connectivity index (χ2n) is 3.94. The van der Waals surface area contributed by atoms with E-state index >= 15 is 0 Å². The highest BCUT2D eigenvalue weighted by atomic mass is 19.2. The molecule has 0 aromatic heterocycles. The number of aromatic hydroxyl groups is 1. The maximum absolute atomic E-state index is 13.0. The molecule has 2 aromatic rings. The molecule has 19 heavy (non-hydrogen) atoms. The zero-order valence-electron chi connectivity index (χ0n) is 9.86. The van der Waals surface area contributed by atoms with Gasteiger partial charge in [0.2, 0.25) is 0 Å². The first-order chi connectivity index (χ1) is 9.08. The van der Waals surface area contributed by atoms with Gasteiger partial charge in [0.05, 0.1) is 0 Å². The minimum atomic E-state index is -1.07. The van der Waals surface area contributed by atoms with Crippen molar-refractivity contribution in [1.82, 2.24) is 5.32 Å². The van der Waals surface area contributed by atoms with Crippen LogP contribution in [0.3, 0.4) is 0 Å². The smallest absolute Gasteiger partial charge is 0.251 e. The Kier molecular flexibility index (Phi) is 3.75. The number of nitrogens with one attached hydrogen (secondary N) is 1. The average molecular weight is 263 g/mol. The van der Waals surface area contributed by atoms with Gasteiger partial charge in [0.1, 0.15) is 5.75 Å². The van der Waals surface area contributed by atoms with E-state index in [0.29, 0.717) is 5.56 Å². The lowest BCUT2D eigenvalue weighted by Crippen LogP contribution is -2.23. The number of para-hydroxylation sites is 1. The van der Waals surface area contributed by atoms with Crippen LogP contribution in [-0.2, 0) is 6.54 Å². The van der Waals surface area contributed by atoms with Gasteiger partial charge in [0.15, 0.2) is 11.6 Å². The second-order valence-corrected chi connectivity index (χ2v) is 3.94. The molecule has 98 valence electrons. The molecule has 2 N–H and O–H groups in total. The summed E-state index contributed by atoms with van der Waals surface area (Å²) in [6.45, 7) is 0.102. The lowest BCUT2D eigenvalue weighted by atomic mass is 10.1. The molecule has 0 unspecified atom stereocenters. The number of phenolic OH excluding ortho intramolecular Hbond substituents is 1. The van der Waals surface area contributed by atoms with E-state index < -0.39 is 17.5 Å². The lowest BCUT2D eigenvalue weighted by Gasteiger charge is -2.07. The highest BCUT2D eigenvalue weighted by Gasteiger charge is 2.10. The maximum atomic E-state index is 13.0. The molecule has 0 atom stereocenters. The number of hydrogen-bond donors (Lipinski definition) is 2. The normalized spacial score (nSPS) is 10.2. The molecule has 0 radical (unpaired) electrons. The predicted octanol–water partition coefficient (Wildman–Crippen LogP) is 2.60. The summed E-state index contributed by atoms with van der Waals surface area (Å²) in [6, 6.07) is 9.45. The molecule has 2 aromatic carbocycles. The fourth-order valence-electron chi connectivity index (χ4n) is 1.58. The molecule has 0 heterocycles. The van der Waals surface area contributed by atoms with Crippen LogP contribution in [0.1, 0.15) is 15.9 Å². The van der Waals surface area contributed by atoms with Crippen molar-refractivity contribution in [2.45, 2.75) is 6.54 Å². The number of phenols is 1. The molecule has 0 saturated carbocycles. The van der Waals surface area contributed by atoms with Gasteiger partial charge in [0, 0.05) is 17.7 Å². The second kappa shape index (κ2) is 5.48. The van der Waals surface area contributed by atoms with Crippen LogP contribution in [0.2, 0.25) is 0 Å². The summed E-state index contributed by atoms with van der Waals surface area (Å²) in [5.74, 6) is -2.55. The van der Waals surface area contributed by atoms with Crippen molar-refractivity contribution < 1.29 is 18.7 Å². The highest BCUT2D eigenvalue weighted by molar-refractivity contribution is 5.94. The number of carbonyl (C=O) groups excluding carboxylic acids is 1. The first-order valence-corrected chi connectivity index (χ1v) is 5.58. The Morgan fingerprint density at radius 1 is 1.11 bits per heavy atom. The van der Waals surface area contributed by atoms with Crippen LogP contribution < -0.4 is 5.32 Å². The third-order valence-corrected chi connectivity index (χ3v) is 2.61. The average Bonchev–Trinajstić information content (AvgIpc) is 2.40. The molecule has 0 saturated heterocycles. The van der Waals surface area contributed by atoms with Gasteiger partial charge in [-0.2, -0.15) is 0 Å². The number of hydrogen-bond acceptors (Lipinski definition) is 2. The first kappa shape index (κ1) is 13.0. The van der Waals surface area contributed by atoms with Crippen molar-refractivity contribution in [2.75, 3.05) is 0 Å². The zero-order chi connectivity index (χ0) is 13.8. The predicted molar refractivity (Wildman–Crippen MR) is 65.6 cm³/mol. The topological polar surface area (TPSA) is 49.3 Å². The van der Waals surface area contributed by atoms with Crippen molar-refractivity contribution in [3.63, 3.8) is 0 Å². The minimum absolute atomic E-state index is 0.0225. The molecule has 0 aliphatic rings. The number of carbonyl (C=O) groups is 1. The molecule has 0 aliphatic heterocycles. The first-order valence-electron chi connectivity index (χ1n) is 5.58. The van der Waals surface area contributed by atoms with Crippen molar-refractivity contribution >= 4 is 5.91 Å². The van der Waals surface area contributed by atoms with Crippen molar-refractivity contribution in [2.24, 2.45) is 0 Å². The summed E-state index contributed by atoms with van der Waals surface area (Å²) in [7, 11) is 0. The summed E-state index contributed by atoms with van der Waals surface area (Å²) in [6.07, 6.45) is 0. The van der Waals surface area contributed by atoms with Gasteiger partial charge in [-0.05, 0) is 24.3 Å². The van der Waals surface area contributed by atoms with E-state index in [1.54, 1.807) is 18.2 Å². The fraction of sp³-hybridized carbons (Fsp3) is 0.0714. The molecule has 0 aliphatic carbocycles. The lowest BCUT2D eigenvalue weighted by molar-refractivity contribution is 0.0950. The van der Waals surface area contributed by atoms with Gasteiger partial charge >= 0.3 is 0 Å². The van der Waals surface area contributed by atoms with Crippen molar-refractivity contribution in [3.8, 4) is 5.75 Å². The summed E-state index contributed by atoms with van der Waals surface area (Å²) in [5, 5.41) is 12.0. The van der Waals surface area contributed by atoms with E-state index in [4.69, 9.17) is 0 Å². The minimum Gasteiger partial charge on any atom is -0.508 e. The molecule has 0 fully saturated rings. The quantitative estimate of drug-likeness (QED) is 0.894. The van der Waals surface area contributed by atoms with Crippen LogP contribution in [0, 0.1) is 11.6 Å². The Bertz CT molecular complexity index is 614. The van der Waals surface area contributed by atoms with Crippen LogP contribution in [-0.4, -0.2) is 11.0 Å². The summed E-state index contributed by atoms with van der Waals surface area (Å²) in [4.78, 5) is 11.7. The van der Waals surface area contributed by atoms with E-state index in [1.807, 2.05) is 0 Å². The monoisotopic (exact) mass is 263 g/mol. The molecule has 0 bridgehead atoms. The Balaban J connectivity index is 2.05. The van der Waals surface area contributed by atoms with E-state index in [0.717, 1.165) is 12.1 Å². The molecule has 2 rings (SSSR count). The Labute approximate surface area is 108 Å². The Morgan fingerprint density at radius 3 is 2.53 bits per heavy atom. The SMILES string of the molecule is O=C(NCc1ccccc1O)c1ccc(F)c(F)c1. The third kappa shape index (κ3) is 3.07. The molecule has 5 heteroatoms. The highest BCUT2D eigenvalue weighted by Crippen LogP contribution is 2.15. The van der Waals surface area contributed by atoms with E-state index in [2.05, 4.69) is 5.32 Å². The van der Waals surface area contributed by atoms with Crippen molar-refractivity contribution in [1.29, 1.82) is 0 Å². The molecule has 0 spiro atoms. The van der Waals surface area contributed by atoms with Crippen LogP contribution >= 0.6 is 0 Å². The standard InChI is InChI=1S/C14H11F2NO2/c15-11-6-5-9(7-12(11)16)14(19)17-8-10-3-1-2-4-13(10)18/h1-7,18H,8H2,(H,17,19). The summed E-state index contributed by atoms with van der Waals surface area (Å²) < 4.78 is 25.7. The van der Waals surface area contributed by atoms with E-state index in [9.17, 15) is 18.7 Å². The van der Waals surface area contributed by atoms with E-state index in [-0.39, 0.29) is 17.9 Å². The van der Waals surface area contributed by atoms with Crippen molar-refractivity contribution in [3.05, 3.63) is 65.2 Å². The number of halogens is 2. The van der Waals surface area contributed by atoms with Crippen LogP contribution in [0.25, 0.3) is 0 Å².